The van der Waals surface area contributed by atoms with Crippen molar-refractivity contribution in [1.29, 1.82) is 0 Å². The van der Waals surface area contributed by atoms with Gasteiger partial charge in [0, 0.05) is 5.41 Å². The van der Waals surface area contributed by atoms with Gasteiger partial charge in [0.25, 0.3) is 11.8 Å². The van der Waals surface area contributed by atoms with Crippen LogP contribution in [0.1, 0.15) is 52.8 Å². The smallest absolute Gasteiger partial charge is 0.327 e. The molecular formula is C20H19NO4. The monoisotopic (exact) mass is 337 g/mol. The number of carboxylic acids is 1. The van der Waals surface area contributed by atoms with E-state index >= 15 is 0 Å². The van der Waals surface area contributed by atoms with E-state index < -0.39 is 29.2 Å². The highest BCUT2D eigenvalue weighted by Gasteiger charge is 2.79. The summed E-state index contributed by atoms with van der Waals surface area (Å²) < 4.78 is 0. The van der Waals surface area contributed by atoms with Crippen molar-refractivity contribution in [3.63, 3.8) is 0 Å². The van der Waals surface area contributed by atoms with Crippen LogP contribution < -0.4 is 0 Å². The Labute approximate surface area is 145 Å². The molecule has 4 saturated carbocycles. The van der Waals surface area contributed by atoms with E-state index in [-0.39, 0.29) is 0 Å². The van der Waals surface area contributed by atoms with E-state index in [9.17, 15) is 19.5 Å². The first-order chi connectivity index (χ1) is 12.0. The highest BCUT2D eigenvalue weighted by molar-refractivity contribution is 6.22. The summed E-state index contributed by atoms with van der Waals surface area (Å²) in [5.74, 6) is 0.0995. The molecule has 1 aliphatic heterocycles. The third-order valence-electron chi connectivity index (χ3n) is 8.28. The van der Waals surface area contributed by atoms with Crippen LogP contribution in [0, 0.1) is 28.6 Å². The summed E-state index contributed by atoms with van der Waals surface area (Å²) in [6, 6.07) is 5.66. The quantitative estimate of drug-likeness (QED) is 0.860. The largest absolute Gasteiger partial charge is 0.480 e. The molecule has 4 aliphatic carbocycles. The van der Waals surface area contributed by atoms with E-state index in [1.807, 2.05) is 0 Å². The summed E-state index contributed by atoms with van der Waals surface area (Å²) in [7, 11) is 0. The van der Waals surface area contributed by atoms with E-state index in [0.717, 1.165) is 30.1 Å². The SMILES string of the molecule is O=C(O)[C@@H](N1C(=O)c2ccccc2C1=O)C12CC3CC4CC(C1)C43C2. The third-order valence-corrected chi connectivity index (χ3v) is 8.28. The molecule has 2 amide bonds. The fourth-order valence-corrected chi connectivity index (χ4v) is 7.55. The number of carbonyl (C=O) groups excluding carboxylic acids is 2. The second-order valence-electron chi connectivity index (χ2n) is 8.89. The van der Waals surface area contributed by atoms with Crippen molar-refractivity contribution in [2.24, 2.45) is 28.6 Å². The van der Waals surface area contributed by atoms with E-state index in [1.165, 1.54) is 12.8 Å². The Kier molecular flexibility index (Phi) is 2.23. The summed E-state index contributed by atoms with van der Waals surface area (Å²) in [5, 5.41) is 10.1. The Bertz CT molecular complexity index is 823. The van der Waals surface area contributed by atoms with Crippen LogP contribution in [-0.2, 0) is 4.79 Å². The highest BCUT2D eigenvalue weighted by Crippen LogP contribution is 2.85. The maximum absolute atomic E-state index is 12.9. The molecule has 5 heteroatoms. The van der Waals surface area contributed by atoms with Crippen molar-refractivity contribution >= 4 is 17.8 Å². The molecule has 0 saturated heterocycles. The summed E-state index contributed by atoms with van der Waals surface area (Å²) in [5.41, 5.74) is 0.618. The van der Waals surface area contributed by atoms with Gasteiger partial charge in [0.2, 0.25) is 0 Å². The van der Waals surface area contributed by atoms with Crippen molar-refractivity contribution in [3.8, 4) is 0 Å². The molecule has 5 nitrogen and oxygen atoms in total. The number of nitrogens with zero attached hydrogens (tertiary/aromatic N) is 1. The lowest BCUT2D eigenvalue weighted by Crippen LogP contribution is -2.60. The number of benzene rings is 1. The standard InChI is InChI=1S/C20H19NO4/c22-16-13-3-1-2-4-14(13)17(23)21(16)15(18(24)25)19-7-11-5-10-6-12(8-19)20(10,11)9-19/h1-4,10-12,15H,5-9H2,(H,24,25)/t10?,11?,12?,15-,19?,20?/m1/s1. The Morgan fingerprint density at radius 3 is 2.04 bits per heavy atom. The molecule has 1 N–H and O–H groups in total. The zero-order valence-corrected chi connectivity index (χ0v) is 13.8. The number of aliphatic carboxylic acids is 1. The van der Waals surface area contributed by atoms with Gasteiger partial charge in [-0.05, 0) is 67.4 Å². The maximum Gasteiger partial charge on any atom is 0.327 e. The van der Waals surface area contributed by atoms with Gasteiger partial charge in [0.1, 0.15) is 6.04 Å². The lowest BCUT2D eigenvalue weighted by molar-refractivity contribution is -0.179. The molecule has 5 aliphatic rings. The molecule has 128 valence electrons. The van der Waals surface area contributed by atoms with Gasteiger partial charge in [0.15, 0.2) is 0 Å². The molecule has 1 aromatic rings. The number of hydrogen-bond acceptors (Lipinski definition) is 3. The van der Waals surface area contributed by atoms with Gasteiger partial charge < -0.3 is 5.11 Å². The van der Waals surface area contributed by atoms with E-state index in [0.29, 0.717) is 28.4 Å². The van der Waals surface area contributed by atoms with E-state index in [2.05, 4.69) is 0 Å². The molecule has 25 heavy (non-hydrogen) atoms. The van der Waals surface area contributed by atoms with Crippen LogP contribution in [0.5, 0.6) is 0 Å². The molecule has 0 aromatic heterocycles. The number of carbonyl (C=O) groups is 3. The second kappa shape index (κ2) is 3.97. The number of hydrogen-bond donors (Lipinski definition) is 1. The predicted octanol–water partition coefficient (Wildman–Crippen LogP) is 2.56. The Morgan fingerprint density at radius 2 is 1.60 bits per heavy atom. The zero-order chi connectivity index (χ0) is 17.1. The molecule has 4 fully saturated rings. The van der Waals surface area contributed by atoms with Gasteiger partial charge >= 0.3 is 5.97 Å². The van der Waals surface area contributed by atoms with Crippen molar-refractivity contribution < 1.29 is 19.5 Å². The Balaban J connectivity index is 1.45. The minimum atomic E-state index is -1.02. The lowest BCUT2D eigenvalue weighted by atomic mass is 9.38. The maximum atomic E-state index is 12.9. The van der Waals surface area contributed by atoms with E-state index in [4.69, 9.17) is 0 Å². The first kappa shape index (κ1) is 14.0. The first-order valence-electron chi connectivity index (χ1n) is 9.18. The Hall–Kier alpha value is -2.17. The summed E-state index contributed by atoms with van der Waals surface area (Å²) in [4.78, 5) is 39.2. The van der Waals surface area contributed by atoms with Crippen LogP contribution in [0.2, 0.25) is 0 Å². The molecule has 0 radical (unpaired) electrons. The Morgan fingerprint density at radius 1 is 1.04 bits per heavy atom. The van der Waals surface area contributed by atoms with Gasteiger partial charge in [-0.3, -0.25) is 14.5 Å². The molecule has 6 rings (SSSR count). The van der Waals surface area contributed by atoms with Crippen LogP contribution >= 0.6 is 0 Å². The van der Waals surface area contributed by atoms with Crippen LogP contribution in [0.3, 0.4) is 0 Å². The average molecular weight is 337 g/mol. The van der Waals surface area contributed by atoms with Gasteiger partial charge in [-0.25, -0.2) is 4.79 Å². The van der Waals surface area contributed by atoms with Gasteiger partial charge in [-0.1, -0.05) is 12.1 Å². The third kappa shape index (κ3) is 1.31. The molecule has 3 atom stereocenters. The van der Waals surface area contributed by atoms with Gasteiger partial charge in [0.05, 0.1) is 11.1 Å². The summed E-state index contributed by atoms with van der Waals surface area (Å²) in [6.07, 6.45) is 5.05. The minimum absolute atomic E-state index is 0.341. The average Bonchev–Trinajstić information content (AvgIpc) is 3.13. The predicted molar refractivity (Wildman–Crippen MR) is 86.8 cm³/mol. The first-order valence-corrected chi connectivity index (χ1v) is 9.18. The summed E-state index contributed by atoms with van der Waals surface area (Å²) in [6.45, 7) is 0. The lowest BCUT2D eigenvalue weighted by Gasteiger charge is -2.66. The van der Waals surface area contributed by atoms with Crippen LogP contribution in [0.15, 0.2) is 24.3 Å². The second-order valence-corrected chi connectivity index (χ2v) is 8.89. The van der Waals surface area contributed by atoms with Crippen LogP contribution in [0.4, 0.5) is 0 Å². The van der Waals surface area contributed by atoms with E-state index in [1.54, 1.807) is 24.3 Å². The molecule has 1 aromatic carbocycles. The van der Waals surface area contributed by atoms with Crippen molar-refractivity contribution in [1.82, 2.24) is 4.90 Å². The number of rotatable bonds is 3. The van der Waals surface area contributed by atoms with Crippen LogP contribution in [0.25, 0.3) is 0 Å². The molecule has 1 heterocycles. The van der Waals surface area contributed by atoms with Gasteiger partial charge in [-0.15, -0.1) is 0 Å². The number of amides is 2. The minimum Gasteiger partial charge on any atom is -0.480 e. The fraction of sp³-hybridized carbons (Fsp3) is 0.550. The molecule has 1 spiro atoms. The van der Waals surface area contributed by atoms with Gasteiger partial charge in [-0.2, -0.15) is 0 Å². The molecular weight excluding hydrogens is 318 g/mol. The summed E-state index contributed by atoms with van der Waals surface area (Å²) >= 11 is 0. The van der Waals surface area contributed by atoms with Crippen molar-refractivity contribution in [2.45, 2.75) is 38.1 Å². The molecule has 2 bridgehead atoms. The number of fused-ring (bicyclic) bond motifs is 2. The number of carboxylic acid groups (broad SMARTS) is 1. The zero-order valence-electron chi connectivity index (χ0n) is 13.8. The topological polar surface area (TPSA) is 74.7 Å². The van der Waals surface area contributed by atoms with Crippen LogP contribution in [-0.4, -0.2) is 33.8 Å². The fourth-order valence-electron chi connectivity index (χ4n) is 7.55. The van der Waals surface area contributed by atoms with Crippen molar-refractivity contribution in [3.05, 3.63) is 35.4 Å². The highest BCUT2D eigenvalue weighted by atomic mass is 16.4. The normalized spacial score (nSPS) is 43.4. The van der Waals surface area contributed by atoms with Crippen molar-refractivity contribution in [2.75, 3.05) is 0 Å². The number of imide groups is 1. The molecule has 2 unspecified atom stereocenters.